The maximum atomic E-state index is 12.4. The van der Waals surface area contributed by atoms with Gasteiger partial charge in [-0.15, -0.1) is 0 Å². The summed E-state index contributed by atoms with van der Waals surface area (Å²) in [6, 6.07) is 9.85. The standard InChI is InChI=1S/C14H20N2O/c1-12-11-15(2)9-6-10-16(12)14(17)13-7-4-3-5-8-13/h3-5,7-8,12H,6,9-11H2,1-2H3. The molecule has 0 N–H and O–H groups in total. The number of amides is 1. The van der Waals surface area contributed by atoms with Crippen molar-refractivity contribution in [1.29, 1.82) is 0 Å². The highest BCUT2D eigenvalue weighted by atomic mass is 16.2. The SMILES string of the molecule is CC1CN(C)CCCN1C(=O)c1ccccc1. The molecular formula is C14H20N2O. The van der Waals surface area contributed by atoms with Gasteiger partial charge in [0.25, 0.3) is 5.91 Å². The Balaban J connectivity index is 2.13. The molecular weight excluding hydrogens is 212 g/mol. The van der Waals surface area contributed by atoms with Gasteiger partial charge in [-0.2, -0.15) is 0 Å². The fourth-order valence-corrected chi connectivity index (χ4v) is 2.42. The van der Waals surface area contributed by atoms with Crippen molar-refractivity contribution < 1.29 is 4.79 Å². The van der Waals surface area contributed by atoms with Gasteiger partial charge >= 0.3 is 0 Å². The minimum Gasteiger partial charge on any atom is -0.335 e. The molecule has 1 heterocycles. The minimum atomic E-state index is 0.161. The molecule has 3 nitrogen and oxygen atoms in total. The summed E-state index contributed by atoms with van der Waals surface area (Å²) >= 11 is 0. The Morgan fingerprint density at radius 2 is 1.94 bits per heavy atom. The first-order valence-corrected chi connectivity index (χ1v) is 6.23. The quantitative estimate of drug-likeness (QED) is 0.738. The zero-order valence-electron chi connectivity index (χ0n) is 10.6. The molecule has 0 spiro atoms. The van der Waals surface area contributed by atoms with Gasteiger partial charge in [-0.3, -0.25) is 4.79 Å². The van der Waals surface area contributed by atoms with Gasteiger partial charge in [0.05, 0.1) is 0 Å². The van der Waals surface area contributed by atoms with Crippen LogP contribution < -0.4 is 0 Å². The van der Waals surface area contributed by atoms with E-state index in [1.807, 2.05) is 35.2 Å². The Bertz CT molecular complexity index is 377. The van der Waals surface area contributed by atoms with Gasteiger partial charge < -0.3 is 9.80 Å². The maximum Gasteiger partial charge on any atom is 0.254 e. The molecule has 0 saturated carbocycles. The van der Waals surface area contributed by atoms with Crippen LogP contribution >= 0.6 is 0 Å². The third kappa shape index (κ3) is 2.86. The first-order chi connectivity index (χ1) is 8.18. The third-order valence-corrected chi connectivity index (χ3v) is 3.33. The largest absolute Gasteiger partial charge is 0.335 e. The lowest BCUT2D eigenvalue weighted by molar-refractivity contribution is 0.0696. The highest BCUT2D eigenvalue weighted by molar-refractivity contribution is 5.94. The van der Waals surface area contributed by atoms with Crippen molar-refractivity contribution in [2.75, 3.05) is 26.7 Å². The number of hydrogen-bond acceptors (Lipinski definition) is 2. The summed E-state index contributed by atoms with van der Waals surface area (Å²) in [6.07, 6.45) is 1.05. The monoisotopic (exact) mass is 232 g/mol. The van der Waals surface area contributed by atoms with Crippen LogP contribution in [0, 0.1) is 0 Å². The molecule has 1 aromatic rings. The molecule has 1 aliphatic heterocycles. The molecule has 1 aliphatic rings. The van der Waals surface area contributed by atoms with Crippen LogP contribution in [0.4, 0.5) is 0 Å². The average Bonchev–Trinajstić information content (AvgIpc) is 2.50. The summed E-state index contributed by atoms with van der Waals surface area (Å²) in [5, 5.41) is 0. The molecule has 1 atom stereocenters. The average molecular weight is 232 g/mol. The first kappa shape index (κ1) is 12.1. The number of rotatable bonds is 1. The highest BCUT2D eigenvalue weighted by Crippen LogP contribution is 2.13. The van der Waals surface area contributed by atoms with Crippen LogP contribution in [-0.4, -0.2) is 48.4 Å². The fourth-order valence-electron chi connectivity index (χ4n) is 2.42. The third-order valence-electron chi connectivity index (χ3n) is 3.33. The highest BCUT2D eigenvalue weighted by Gasteiger charge is 2.24. The molecule has 0 aliphatic carbocycles. The predicted octanol–water partition coefficient (Wildman–Crippen LogP) is 1.85. The van der Waals surface area contributed by atoms with Gasteiger partial charge in [0.2, 0.25) is 0 Å². The number of carbonyl (C=O) groups excluding carboxylic acids is 1. The summed E-state index contributed by atoms with van der Waals surface area (Å²) in [6.45, 7) is 5.02. The lowest BCUT2D eigenvalue weighted by atomic mass is 10.1. The van der Waals surface area contributed by atoms with Crippen LogP contribution in [0.15, 0.2) is 30.3 Å². The Morgan fingerprint density at radius 1 is 1.24 bits per heavy atom. The van der Waals surface area contributed by atoms with Crippen molar-refractivity contribution in [3.05, 3.63) is 35.9 Å². The van der Waals surface area contributed by atoms with Crippen molar-refractivity contribution in [3.63, 3.8) is 0 Å². The summed E-state index contributed by atoms with van der Waals surface area (Å²) in [7, 11) is 2.12. The van der Waals surface area contributed by atoms with Crippen LogP contribution in [-0.2, 0) is 0 Å². The second kappa shape index (κ2) is 5.32. The number of nitrogens with zero attached hydrogens (tertiary/aromatic N) is 2. The van der Waals surface area contributed by atoms with E-state index in [1.165, 1.54) is 0 Å². The minimum absolute atomic E-state index is 0.161. The van der Waals surface area contributed by atoms with E-state index < -0.39 is 0 Å². The molecule has 0 radical (unpaired) electrons. The van der Waals surface area contributed by atoms with E-state index in [9.17, 15) is 4.79 Å². The molecule has 1 fully saturated rings. The summed E-state index contributed by atoms with van der Waals surface area (Å²) < 4.78 is 0. The Labute approximate surface area is 103 Å². The lowest BCUT2D eigenvalue weighted by Gasteiger charge is -2.28. The summed E-state index contributed by atoms with van der Waals surface area (Å²) in [5.74, 6) is 0.161. The zero-order chi connectivity index (χ0) is 12.3. The van der Waals surface area contributed by atoms with Gasteiger partial charge in [0.1, 0.15) is 0 Å². The van der Waals surface area contributed by atoms with Crippen molar-refractivity contribution in [2.24, 2.45) is 0 Å². The molecule has 1 aromatic carbocycles. The number of carbonyl (C=O) groups is 1. The normalized spacial score (nSPS) is 22.2. The molecule has 92 valence electrons. The lowest BCUT2D eigenvalue weighted by Crippen LogP contribution is -2.41. The summed E-state index contributed by atoms with van der Waals surface area (Å²) in [5.41, 5.74) is 0.795. The van der Waals surface area contributed by atoms with E-state index >= 15 is 0 Å². The maximum absolute atomic E-state index is 12.4. The molecule has 17 heavy (non-hydrogen) atoms. The van der Waals surface area contributed by atoms with Crippen molar-refractivity contribution in [1.82, 2.24) is 9.80 Å². The van der Waals surface area contributed by atoms with Crippen molar-refractivity contribution >= 4 is 5.91 Å². The van der Waals surface area contributed by atoms with Crippen molar-refractivity contribution in [2.45, 2.75) is 19.4 Å². The second-order valence-corrected chi connectivity index (χ2v) is 4.83. The van der Waals surface area contributed by atoms with E-state index in [-0.39, 0.29) is 11.9 Å². The van der Waals surface area contributed by atoms with E-state index in [0.717, 1.165) is 31.6 Å². The molecule has 3 heteroatoms. The second-order valence-electron chi connectivity index (χ2n) is 4.83. The van der Waals surface area contributed by atoms with E-state index in [0.29, 0.717) is 0 Å². The first-order valence-electron chi connectivity index (χ1n) is 6.23. The van der Waals surface area contributed by atoms with Gasteiger partial charge in [0, 0.05) is 24.7 Å². The van der Waals surface area contributed by atoms with Crippen LogP contribution in [0.25, 0.3) is 0 Å². The molecule has 2 rings (SSSR count). The topological polar surface area (TPSA) is 23.6 Å². The van der Waals surface area contributed by atoms with Crippen LogP contribution in [0.5, 0.6) is 0 Å². The molecule has 1 amide bonds. The van der Waals surface area contributed by atoms with Gasteiger partial charge in [-0.05, 0) is 39.1 Å². The number of hydrogen-bond donors (Lipinski definition) is 0. The number of likely N-dealkylation sites (N-methyl/N-ethyl adjacent to an activating group) is 1. The van der Waals surface area contributed by atoms with Crippen LogP contribution in [0.3, 0.4) is 0 Å². The van der Waals surface area contributed by atoms with E-state index in [4.69, 9.17) is 0 Å². The summed E-state index contributed by atoms with van der Waals surface area (Å²) in [4.78, 5) is 16.7. The molecule has 1 saturated heterocycles. The van der Waals surface area contributed by atoms with Crippen molar-refractivity contribution in [3.8, 4) is 0 Å². The smallest absolute Gasteiger partial charge is 0.254 e. The predicted molar refractivity (Wildman–Crippen MR) is 69.1 cm³/mol. The Morgan fingerprint density at radius 3 is 2.65 bits per heavy atom. The van der Waals surface area contributed by atoms with Crippen LogP contribution in [0.2, 0.25) is 0 Å². The zero-order valence-corrected chi connectivity index (χ0v) is 10.6. The molecule has 0 bridgehead atoms. The van der Waals surface area contributed by atoms with E-state index in [2.05, 4.69) is 18.9 Å². The Kier molecular flexibility index (Phi) is 3.79. The molecule has 1 unspecified atom stereocenters. The van der Waals surface area contributed by atoms with Crippen LogP contribution in [0.1, 0.15) is 23.7 Å². The fraction of sp³-hybridized carbons (Fsp3) is 0.500. The van der Waals surface area contributed by atoms with Gasteiger partial charge in [-0.25, -0.2) is 0 Å². The van der Waals surface area contributed by atoms with E-state index in [1.54, 1.807) is 0 Å². The molecule has 0 aromatic heterocycles. The van der Waals surface area contributed by atoms with Gasteiger partial charge in [-0.1, -0.05) is 18.2 Å². The van der Waals surface area contributed by atoms with Gasteiger partial charge in [0.15, 0.2) is 0 Å². The number of benzene rings is 1. The Hall–Kier alpha value is -1.35.